The molecule has 0 spiro atoms. The molecule has 21 heavy (non-hydrogen) atoms. The Bertz CT molecular complexity index is 676. The molecule has 0 radical (unpaired) electrons. The third kappa shape index (κ3) is 2.50. The topological polar surface area (TPSA) is 39.4 Å². The molecule has 0 unspecified atom stereocenters. The largest absolute Gasteiger partial charge is 0.493 e. The Morgan fingerprint density at radius 1 is 1.52 bits per heavy atom. The summed E-state index contributed by atoms with van der Waals surface area (Å²) in [5.74, 6) is 1.57. The normalized spacial score (nSPS) is 24.2. The van der Waals surface area contributed by atoms with Gasteiger partial charge in [-0.1, -0.05) is 47.8 Å². The first-order chi connectivity index (χ1) is 10.1. The number of Topliss-reactive ketones (excluding diaryl/α,β-unsaturated/α-hetero) is 1. The molecule has 1 aromatic heterocycles. The van der Waals surface area contributed by atoms with Crippen molar-refractivity contribution in [2.24, 2.45) is 5.92 Å². The van der Waals surface area contributed by atoms with E-state index in [1.54, 1.807) is 7.11 Å². The van der Waals surface area contributed by atoms with Crippen molar-refractivity contribution in [2.45, 2.75) is 36.9 Å². The van der Waals surface area contributed by atoms with Gasteiger partial charge < -0.3 is 9.15 Å². The number of unbranched alkanes of at least 4 members (excludes halogenated alkanes) is 1. The van der Waals surface area contributed by atoms with Gasteiger partial charge in [-0.15, -0.1) is 0 Å². The lowest BCUT2D eigenvalue weighted by molar-refractivity contribution is 0.0952. The molecule has 0 bridgehead atoms. The Labute approximate surface area is 132 Å². The van der Waals surface area contributed by atoms with E-state index in [0.717, 1.165) is 24.6 Å². The van der Waals surface area contributed by atoms with E-state index in [2.05, 4.69) is 22.9 Å². The van der Waals surface area contributed by atoms with Crippen LogP contribution in [0.3, 0.4) is 0 Å². The Morgan fingerprint density at radius 3 is 3.05 bits per heavy atom. The molecule has 1 heterocycles. The zero-order chi connectivity index (χ0) is 15.0. The fraction of sp³-hybridized carbons (Fsp3) is 0.471. The molecule has 1 aliphatic rings. The van der Waals surface area contributed by atoms with Crippen molar-refractivity contribution in [3.05, 3.63) is 30.0 Å². The standard InChI is InChI=1S/C17H19BrO3/c1-3-4-7-12-10-17(12,18)16(19)14-9-11-6-5-8-13(20-2)15(11)21-14/h5-6,8-9,12H,3-4,7,10H2,1-2H3/t12-,17-/m0/s1. The Morgan fingerprint density at radius 2 is 2.33 bits per heavy atom. The van der Waals surface area contributed by atoms with Gasteiger partial charge in [-0.2, -0.15) is 0 Å². The van der Waals surface area contributed by atoms with Crippen molar-refractivity contribution in [3.63, 3.8) is 0 Å². The Hall–Kier alpha value is -1.29. The molecule has 3 nitrogen and oxygen atoms in total. The zero-order valence-corrected chi connectivity index (χ0v) is 13.9. The molecule has 1 aromatic carbocycles. The minimum Gasteiger partial charge on any atom is -0.493 e. The second-order valence-corrected chi connectivity index (χ2v) is 7.14. The first kappa shape index (κ1) is 14.6. The van der Waals surface area contributed by atoms with Gasteiger partial charge in [-0.25, -0.2) is 0 Å². The molecule has 3 rings (SSSR count). The number of hydrogen-bond donors (Lipinski definition) is 0. The van der Waals surface area contributed by atoms with Crippen LogP contribution in [0.4, 0.5) is 0 Å². The van der Waals surface area contributed by atoms with Crippen molar-refractivity contribution in [2.75, 3.05) is 7.11 Å². The van der Waals surface area contributed by atoms with Crippen LogP contribution in [0.2, 0.25) is 0 Å². The maximum Gasteiger partial charge on any atom is 0.214 e. The summed E-state index contributed by atoms with van der Waals surface area (Å²) in [6.07, 6.45) is 4.33. The number of carbonyl (C=O) groups excluding carboxylic acids is 1. The highest BCUT2D eigenvalue weighted by Gasteiger charge is 2.58. The number of benzene rings is 1. The first-order valence-electron chi connectivity index (χ1n) is 7.40. The van der Waals surface area contributed by atoms with E-state index in [0.29, 0.717) is 23.0 Å². The van der Waals surface area contributed by atoms with Gasteiger partial charge in [0.2, 0.25) is 5.78 Å². The second kappa shape index (κ2) is 5.48. The molecule has 0 saturated heterocycles. The van der Waals surface area contributed by atoms with E-state index in [1.807, 2.05) is 24.3 Å². The third-order valence-corrected chi connectivity index (χ3v) is 5.60. The van der Waals surface area contributed by atoms with Crippen LogP contribution in [0, 0.1) is 5.92 Å². The molecule has 0 amide bonds. The maximum absolute atomic E-state index is 12.7. The smallest absolute Gasteiger partial charge is 0.214 e. The lowest BCUT2D eigenvalue weighted by Crippen LogP contribution is -2.17. The van der Waals surface area contributed by atoms with Crippen LogP contribution < -0.4 is 4.74 Å². The van der Waals surface area contributed by atoms with Gasteiger partial charge in [-0.05, 0) is 30.9 Å². The number of ketones is 1. The fourth-order valence-corrected chi connectivity index (χ4v) is 3.69. The Kier molecular flexibility index (Phi) is 3.82. The van der Waals surface area contributed by atoms with Crippen LogP contribution in [-0.2, 0) is 0 Å². The summed E-state index contributed by atoms with van der Waals surface area (Å²) in [4.78, 5) is 12.7. The molecule has 2 atom stereocenters. The monoisotopic (exact) mass is 350 g/mol. The maximum atomic E-state index is 12.7. The average molecular weight is 351 g/mol. The summed E-state index contributed by atoms with van der Waals surface area (Å²) < 4.78 is 10.6. The molecule has 1 saturated carbocycles. The van der Waals surface area contributed by atoms with E-state index in [9.17, 15) is 4.79 Å². The van der Waals surface area contributed by atoms with Crippen molar-refractivity contribution >= 4 is 32.7 Å². The number of methoxy groups -OCH3 is 1. The lowest BCUT2D eigenvalue weighted by atomic mass is 10.1. The summed E-state index contributed by atoms with van der Waals surface area (Å²) in [5.41, 5.74) is 0.644. The Balaban J connectivity index is 1.86. The summed E-state index contributed by atoms with van der Waals surface area (Å²) in [6, 6.07) is 7.49. The third-order valence-electron chi connectivity index (χ3n) is 4.27. The van der Waals surface area contributed by atoms with Crippen LogP contribution in [0.15, 0.2) is 28.7 Å². The number of alkyl halides is 1. The molecular weight excluding hydrogens is 332 g/mol. The van der Waals surface area contributed by atoms with E-state index >= 15 is 0 Å². The van der Waals surface area contributed by atoms with Crippen LogP contribution in [0.25, 0.3) is 11.0 Å². The van der Waals surface area contributed by atoms with E-state index in [-0.39, 0.29) is 5.78 Å². The molecule has 1 fully saturated rings. The van der Waals surface area contributed by atoms with Gasteiger partial charge in [0.05, 0.1) is 11.4 Å². The SMILES string of the molecule is CCCC[C@H]1C[C@@]1(Br)C(=O)c1cc2cccc(OC)c2o1. The number of halogens is 1. The zero-order valence-electron chi connectivity index (χ0n) is 12.3. The van der Waals surface area contributed by atoms with Crippen LogP contribution in [-0.4, -0.2) is 17.2 Å². The fourth-order valence-electron chi connectivity index (χ4n) is 2.87. The summed E-state index contributed by atoms with van der Waals surface area (Å²) in [6.45, 7) is 2.17. The molecule has 2 aromatic rings. The molecule has 0 N–H and O–H groups in total. The predicted molar refractivity (Wildman–Crippen MR) is 86.4 cm³/mol. The molecule has 112 valence electrons. The van der Waals surface area contributed by atoms with Crippen molar-refractivity contribution in [1.29, 1.82) is 0 Å². The van der Waals surface area contributed by atoms with Crippen LogP contribution in [0.1, 0.15) is 43.2 Å². The minimum atomic E-state index is -0.413. The summed E-state index contributed by atoms with van der Waals surface area (Å²) in [7, 11) is 1.60. The quantitative estimate of drug-likeness (QED) is 0.545. The molecule has 0 aliphatic heterocycles. The average Bonchev–Trinajstić information content (AvgIpc) is 2.97. The number of ether oxygens (including phenoxy) is 1. The lowest BCUT2D eigenvalue weighted by Gasteiger charge is -2.05. The van der Waals surface area contributed by atoms with Gasteiger partial charge in [0.15, 0.2) is 17.1 Å². The second-order valence-electron chi connectivity index (χ2n) is 5.72. The van der Waals surface area contributed by atoms with Crippen LogP contribution in [0.5, 0.6) is 5.75 Å². The van der Waals surface area contributed by atoms with E-state index < -0.39 is 4.32 Å². The number of rotatable bonds is 6. The van der Waals surface area contributed by atoms with Crippen LogP contribution >= 0.6 is 15.9 Å². The molecule has 4 heteroatoms. The van der Waals surface area contributed by atoms with E-state index in [1.165, 1.54) is 6.42 Å². The highest BCUT2D eigenvalue weighted by atomic mass is 79.9. The molecular formula is C17H19BrO3. The minimum absolute atomic E-state index is 0.0573. The summed E-state index contributed by atoms with van der Waals surface area (Å²) >= 11 is 3.64. The summed E-state index contributed by atoms with van der Waals surface area (Å²) in [5, 5.41) is 0.902. The van der Waals surface area contributed by atoms with Crippen molar-refractivity contribution in [3.8, 4) is 5.75 Å². The van der Waals surface area contributed by atoms with Gasteiger partial charge >= 0.3 is 0 Å². The van der Waals surface area contributed by atoms with Crippen molar-refractivity contribution in [1.82, 2.24) is 0 Å². The van der Waals surface area contributed by atoms with Gasteiger partial charge in [0, 0.05) is 5.39 Å². The first-order valence-corrected chi connectivity index (χ1v) is 8.19. The van der Waals surface area contributed by atoms with Gasteiger partial charge in [0.1, 0.15) is 0 Å². The number of furan rings is 1. The number of fused-ring (bicyclic) bond motifs is 1. The van der Waals surface area contributed by atoms with Gasteiger partial charge in [0.25, 0.3) is 0 Å². The highest BCUT2D eigenvalue weighted by Crippen LogP contribution is 2.56. The number of hydrogen-bond acceptors (Lipinski definition) is 3. The number of para-hydroxylation sites is 1. The predicted octanol–water partition coefficient (Wildman–Crippen LogP) is 4.97. The van der Waals surface area contributed by atoms with E-state index in [4.69, 9.17) is 9.15 Å². The van der Waals surface area contributed by atoms with Gasteiger partial charge in [-0.3, -0.25) is 4.79 Å². The molecule has 1 aliphatic carbocycles. The van der Waals surface area contributed by atoms with Crippen molar-refractivity contribution < 1.29 is 13.9 Å². The highest BCUT2D eigenvalue weighted by molar-refractivity contribution is 9.10. The number of carbonyl (C=O) groups is 1.